The maximum Gasteiger partial charge on any atom is 0.348 e. The molecule has 0 spiro atoms. The quantitative estimate of drug-likeness (QED) is 0.375. The summed E-state index contributed by atoms with van der Waals surface area (Å²) in [5.41, 5.74) is 0.734. The molecule has 10 heteroatoms. The van der Waals surface area contributed by atoms with Crippen LogP contribution in [0.5, 0.6) is 0 Å². The molecule has 0 unspecified atom stereocenters. The predicted molar refractivity (Wildman–Crippen MR) is 122 cm³/mol. The zero-order chi connectivity index (χ0) is 21.7. The number of aromatic nitrogens is 2. The van der Waals surface area contributed by atoms with Gasteiger partial charge in [0.1, 0.15) is 31.2 Å². The monoisotopic (exact) mass is 465 g/mol. The number of thioether (sulfide) groups is 1. The topological polar surface area (TPSA) is 98.2 Å². The van der Waals surface area contributed by atoms with Crippen molar-refractivity contribution in [2.24, 2.45) is 0 Å². The van der Waals surface area contributed by atoms with Crippen molar-refractivity contribution in [3.8, 4) is 0 Å². The third kappa shape index (κ3) is 5.71. The fourth-order valence-electron chi connectivity index (χ4n) is 2.79. The number of carbonyl (C=O) groups is 1. The number of hydrogen-bond acceptors (Lipinski definition) is 9. The number of fused-ring (bicyclic) bond motifs is 1. The van der Waals surface area contributed by atoms with Crippen molar-refractivity contribution in [2.45, 2.75) is 24.5 Å². The molecule has 0 amide bonds. The number of ether oxygens (including phenoxy) is 1. The first kappa shape index (κ1) is 22.5. The minimum atomic E-state index is -3.11. The van der Waals surface area contributed by atoms with E-state index in [1.165, 1.54) is 17.6 Å². The minimum Gasteiger partial charge on any atom is -0.462 e. The Hall–Kier alpha value is -2.17. The summed E-state index contributed by atoms with van der Waals surface area (Å²) in [7, 11) is -3.11. The summed E-state index contributed by atoms with van der Waals surface area (Å²) in [5.74, 6) is 1.29. The molecule has 0 radical (unpaired) electrons. The maximum absolute atomic E-state index is 12.3. The molecule has 2 heterocycles. The highest BCUT2D eigenvalue weighted by molar-refractivity contribution is 7.98. The second-order valence-electron chi connectivity index (χ2n) is 6.60. The summed E-state index contributed by atoms with van der Waals surface area (Å²) in [5, 5.41) is 3.85. The molecule has 7 nitrogen and oxygen atoms in total. The van der Waals surface area contributed by atoms with E-state index in [-0.39, 0.29) is 24.9 Å². The molecule has 3 rings (SSSR count). The highest BCUT2D eigenvalue weighted by Crippen LogP contribution is 2.35. The summed E-state index contributed by atoms with van der Waals surface area (Å²) < 4.78 is 28.2. The zero-order valence-corrected chi connectivity index (χ0v) is 19.4. The number of sulfone groups is 1. The third-order valence-corrected chi connectivity index (χ3v) is 7.29. The Labute approximate surface area is 184 Å². The lowest BCUT2D eigenvalue weighted by Crippen LogP contribution is -2.15. The number of anilines is 1. The highest BCUT2D eigenvalue weighted by atomic mass is 32.2. The summed E-state index contributed by atoms with van der Waals surface area (Å²) in [4.78, 5) is 23.9. The van der Waals surface area contributed by atoms with Crippen LogP contribution in [-0.4, -0.2) is 49.5 Å². The van der Waals surface area contributed by atoms with Gasteiger partial charge in [0.2, 0.25) is 0 Å². The lowest BCUT2D eigenvalue weighted by atomic mass is 10.2. The molecule has 1 aromatic carbocycles. The van der Waals surface area contributed by atoms with Crippen LogP contribution in [0.3, 0.4) is 0 Å². The molecule has 0 aliphatic heterocycles. The molecule has 0 atom stereocenters. The molecule has 3 aromatic rings. The first-order valence-corrected chi connectivity index (χ1v) is 13.2. The number of aryl methyl sites for hydroxylation is 1. The van der Waals surface area contributed by atoms with Gasteiger partial charge in [-0.2, -0.15) is 0 Å². The number of hydrogen-bond donors (Lipinski definition) is 1. The van der Waals surface area contributed by atoms with Crippen molar-refractivity contribution >= 4 is 54.9 Å². The molecule has 0 aliphatic carbocycles. The van der Waals surface area contributed by atoms with E-state index in [4.69, 9.17) is 4.74 Å². The van der Waals surface area contributed by atoms with Crippen molar-refractivity contribution in [1.82, 2.24) is 9.97 Å². The van der Waals surface area contributed by atoms with E-state index in [1.807, 2.05) is 37.3 Å². The van der Waals surface area contributed by atoms with Gasteiger partial charge < -0.3 is 10.1 Å². The Morgan fingerprint density at radius 1 is 1.23 bits per heavy atom. The third-order valence-electron chi connectivity index (χ3n) is 4.17. The highest BCUT2D eigenvalue weighted by Gasteiger charge is 2.21. The van der Waals surface area contributed by atoms with Gasteiger partial charge in [0.05, 0.1) is 23.5 Å². The number of rotatable bonds is 9. The lowest BCUT2D eigenvalue weighted by molar-refractivity contribution is 0.0531. The minimum absolute atomic E-state index is 0.0134. The second kappa shape index (κ2) is 9.76. The van der Waals surface area contributed by atoms with Crippen LogP contribution in [0.1, 0.15) is 28.0 Å². The van der Waals surface area contributed by atoms with Gasteiger partial charge in [-0.3, -0.25) is 0 Å². The van der Waals surface area contributed by atoms with Crippen LogP contribution in [0.4, 0.5) is 5.82 Å². The lowest BCUT2D eigenvalue weighted by Gasteiger charge is -2.09. The predicted octanol–water partition coefficient (Wildman–Crippen LogP) is 3.93. The number of esters is 1. The summed E-state index contributed by atoms with van der Waals surface area (Å²) in [6, 6.07) is 9.94. The molecule has 0 bridgehead atoms. The van der Waals surface area contributed by atoms with Crippen LogP contribution in [0, 0.1) is 6.92 Å². The van der Waals surface area contributed by atoms with Crippen molar-refractivity contribution in [2.75, 3.05) is 30.5 Å². The van der Waals surface area contributed by atoms with Crippen molar-refractivity contribution in [3.63, 3.8) is 0 Å². The average Bonchev–Trinajstić information content (AvgIpc) is 3.03. The standard InChI is InChI=1S/C20H23N3O4S3/c1-4-27-20(24)17-13(2)16-18(21-10-11-30(3,25)26)22-15(23-19(16)29-17)12-28-14-8-6-5-7-9-14/h5-9H,4,10-12H2,1-3H3,(H,21,22,23). The number of carbonyl (C=O) groups excluding carboxylic acids is 1. The molecule has 2 aromatic heterocycles. The van der Waals surface area contributed by atoms with Gasteiger partial charge in [0.15, 0.2) is 0 Å². The Bertz CT molecular complexity index is 1150. The van der Waals surface area contributed by atoms with E-state index < -0.39 is 9.84 Å². The van der Waals surface area contributed by atoms with Crippen LogP contribution in [-0.2, 0) is 20.3 Å². The van der Waals surface area contributed by atoms with E-state index in [0.29, 0.717) is 27.1 Å². The molecule has 160 valence electrons. The normalized spacial score (nSPS) is 11.6. The molecule has 0 fully saturated rings. The number of nitrogens with one attached hydrogen (secondary N) is 1. The summed E-state index contributed by atoms with van der Waals surface area (Å²) >= 11 is 2.88. The molecule has 0 saturated heterocycles. The van der Waals surface area contributed by atoms with Gasteiger partial charge in [-0.05, 0) is 31.5 Å². The first-order chi connectivity index (χ1) is 14.3. The van der Waals surface area contributed by atoms with E-state index in [1.54, 1.807) is 18.7 Å². The van der Waals surface area contributed by atoms with Crippen LogP contribution in [0.25, 0.3) is 10.2 Å². The SMILES string of the molecule is CCOC(=O)c1sc2nc(CSc3ccccc3)nc(NCCS(C)(=O)=O)c2c1C. The van der Waals surface area contributed by atoms with Gasteiger partial charge in [-0.15, -0.1) is 23.1 Å². The average molecular weight is 466 g/mol. The molecule has 0 saturated carbocycles. The van der Waals surface area contributed by atoms with Gasteiger partial charge in [0.25, 0.3) is 0 Å². The van der Waals surface area contributed by atoms with E-state index in [9.17, 15) is 13.2 Å². The molecule has 30 heavy (non-hydrogen) atoms. The number of thiophene rings is 1. The zero-order valence-electron chi connectivity index (χ0n) is 17.0. The van der Waals surface area contributed by atoms with Gasteiger partial charge in [-0.1, -0.05) is 18.2 Å². The van der Waals surface area contributed by atoms with E-state index >= 15 is 0 Å². The van der Waals surface area contributed by atoms with Crippen molar-refractivity contribution < 1.29 is 17.9 Å². The van der Waals surface area contributed by atoms with Crippen LogP contribution >= 0.6 is 23.1 Å². The Kier molecular flexibility index (Phi) is 7.32. The molecule has 0 aliphatic rings. The summed E-state index contributed by atoms with van der Waals surface area (Å²) in [6.07, 6.45) is 1.20. The van der Waals surface area contributed by atoms with E-state index in [0.717, 1.165) is 15.8 Å². The molecule has 1 N–H and O–H groups in total. The Morgan fingerprint density at radius 3 is 2.63 bits per heavy atom. The summed E-state index contributed by atoms with van der Waals surface area (Å²) in [6.45, 7) is 4.10. The van der Waals surface area contributed by atoms with E-state index in [2.05, 4.69) is 15.3 Å². The Morgan fingerprint density at radius 2 is 1.97 bits per heavy atom. The number of benzene rings is 1. The van der Waals surface area contributed by atoms with Crippen LogP contribution in [0.15, 0.2) is 35.2 Å². The fraction of sp³-hybridized carbons (Fsp3) is 0.350. The van der Waals surface area contributed by atoms with Gasteiger partial charge in [0, 0.05) is 17.7 Å². The fourth-order valence-corrected chi connectivity index (χ4v) is 5.13. The van der Waals surface area contributed by atoms with Crippen molar-refractivity contribution in [3.05, 3.63) is 46.6 Å². The maximum atomic E-state index is 12.3. The molecular weight excluding hydrogens is 442 g/mol. The smallest absolute Gasteiger partial charge is 0.348 e. The van der Waals surface area contributed by atoms with Gasteiger partial charge in [-0.25, -0.2) is 23.2 Å². The molecular formula is C20H23N3O4S3. The van der Waals surface area contributed by atoms with Crippen LogP contribution in [0.2, 0.25) is 0 Å². The van der Waals surface area contributed by atoms with Crippen LogP contribution < -0.4 is 5.32 Å². The second-order valence-corrected chi connectivity index (χ2v) is 10.9. The van der Waals surface area contributed by atoms with Gasteiger partial charge >= 0.3 is 5.97 Å². The number of nitrogens with zero attached hydrogens (tertiary/aromatic N) is 2. The Balaban J connectivity index is 1.95. The van der Waals surface area contributed by atoms with Crippen molar-refractivity contribution in [1.29, 1.82) is 0 Å². The first-order valence-electron chi connectivity index (χ1n) is 9.35. The largest absolute Gasteiger partial charge is 0.462 e.